The largest absolute Gasteiger partial charge is 0.392 e. The summed E-state index contributed by atoms with van der Waals surface area (Å²) in [6.07, 6.45) is 0.956. The quantitative estimate of drug-likeness (QED) is 0.575. The number of hydrogen-bond acceptors (Lipinski definition) is 5. The number of aliphatic hydroxyl groups excluding tert-OH is 1. The first-order chi connectivity index (χ1) is 11.0. The molecule has 2 rings (SSSR count). The monoisotopic (exact) mass is 356 g/mol. The molecule has 1 fully saturated rings. The van der Waals surface area contributed by atoms with Gasteiger partial charge in [0.05, 0.1) is 15.9 Å². The van der Waals surface area contributed by atoms with Crippen molar-refractivity contribution in [3.05, 3.63) is 33.4 Å². The molecule has 24 heavy (non-hydrogen) atoms. The van der Waals surface area contributed by atoms with Crippen molar-refractivity contribution in [3.63, 3.8) is 0 Å². The molecule has 0 spiro atoms. The maximum atomic E-state index is 12.6. The molecule has 0 amide bonds. The van der Waals surface area contributed by atoms with E-state index in [-0.39, 0.29) is 23.0 Å². The maximum absolute atomic E-state index is 12.6. The van der Waals surface area contributed by atoms with Gasteiger partial charge in [0.2, 0.25) is 10.0 Å². The molecular formula is C16H24N2O5S. The molecule has 0 saturated heterocycles. The number of non-ortho nitro benzene ring substituents is 1. The lowest BCUT2D eigenvalue weighted by molar-refractivity contribution is -0.385. The van der Waals surface area contributed by atoms with Gasteiger partial charge < -0.3 is 5.11 Å². The van der Waals surface area contributed by atoms with Crippen molar-refractivity contribution < 1.29 is 18.4 Å². The zero-order valence-corrected chi connectivity index (χ0v) is 15.2. The Balaban J connectivity index is 2.27. The van der Waals surface area contributed by atoms with Gasteiger partial charge in [-0.05, 0) is 43.7 Å². The van der Waals surface area contributed by atoms with Crippen LogP contribution < -0.4 is 4.72 Å². The summed E-state index contributed by atoms with van der Waals surface area (Å²) in [6.45, 7) is 7.20. The number of nitrogens with zero attached hydrogens (tertiary/aromatic N) is 1. The van der Waals surface area contributed by atoms with Crippen LogP contribution in [0, 0.1) is 35.3 Å². The lowest BCUT2D eigenvalue weighted by atomic mass is 9.91. The van der Waals surface area contributed by atoms with Crippen molar-refractivity contribution in [2.75, 3.05) is 6.54 Å². The Hall–Kier alpha value is -1.51. The van der Waals surface area contributed by atoms with Crippen LogP contribution >= 0.6 is 0 Å². The number of nitro benzene ring substituents is 1. The van der Waals surface area contributed by atoms with Crippen LogP contribution in [0.5, 0.6) is 0 Å². The van der Waals surface area contributed by atoms with Crippen LogP contribution in [-0.4, -0.2) is 31.1 Å². The molecule has 1 atom stereocenters. The third-order valence-corrected chi connectivity index (χ3v) is 6.40. The number of hydrogen-bond donors (Lipinski definition) is 2. The fourth-order valence-electron chi connectivity index (χ4n) is 2.95. The standard InChI is InChI=1S/C16H24N2O5S/c1-10(2)15(19)16(5-6-16)9-17-24(22,23)14-8-13(18(20)21)7-11(3)12(14)4/h7-8,10,15,17,19H,5-6,9H2,1-4H3/t15-/m0/s1. The van der Waals surface area contributed by atoms with Gasteiger partial charge in [0.1, 0.15) is 0 Å². The summed E-state index contributed by atoms with van der Waals surface area (Å²) in [4.78, 5) is 10.3. The molecule has 2 N–H and O–H groups in total. The van der Waals surface area contributed by atoms with Crippen molar-refractivity contribution >= 4 is 15.7 Å². The van der Waals surface area contributed by atoms with Gasteiger partial charge in [-0.25, -0.2) is 13.1 Å². The van der Waals surface area contributed by atoms with E-state index in [0.29, 0.717) is 11.1 Å². The van der Waals surface area contributed by atoms with Crippen LogP contribution in [0.2, 0.25) is 0 Å². The molecule has 0 heterocycles. The summed E-state index contributed by atoms with van der Waals surface area (Å²) in [6, 6.07) is 2.45. The summed E-state index contributed by atoms with van der Waals surface area (Å²) < 4.78 is 27.8. The Bertz CT molecular complexity index is 754. The highest BCUT2D eigenvalue weighted by Gasteiger charge is 2.50. The third kappa shape index (κ3) is 3.60. The average molecular weight is 356 g/mol. The van der Waals surface area contributed by atoms with Crippen LogP contribution in [0.1, 0.15) is 37.8 Å². The van der Waals surface area contributed by atoms with Crippen molar-refractivity contribution in [1.82, 2.24) is 4.72 Å². The van der Waals surface area contributed by atoms with E-state index in [2.05, 4.69) is 4.72 Å². The van der Waals surface area contributed by atoms with E-state index in [9.17, 15) is 23.6 Å². The van der Waals surface area contributed by atoms with Gasteiger partial charge >= 0.3 is 0 Å². The fraction of sp³-hybridized carbons (Fsp3) is 0.625. The number of sulfonamides is 1. The number of nitro groups is 1. The first-order valence-electron chi connectivity index (χ1n) is 7.93. The minimum absolute atomic E-state index is 0.0406. The minimum atomic E-state index is -3.89. The van der Waals surface area contributed by atoms with Crippen LogP contribution in [0.4, 0.5) is 5.69 Å². The molecule has 1 aliphatic rings. The molecule has 134 valence electrons. The highest BCUT2D eigenvalue weighted by Crippen LogP contribution is 2.50. The van der Waals surface area contributed by atoms with Gasteiger partial charge in [-0.3, -0.25) is 10.1 Å². The van der Waals surface area contributed by atoms with Crippen LogP contribution in [0.15, 0.2) is 17.0 Å². The molecule has 0 aliphatic heterocycles. The number of aliphatic hydroxyl groups is 1. The Morgan fingerprint density at radius 2 is 1.92 bits per heavy atom. The van der Waals surface area contributed by atoms with Gasteiger partial charge in [0.25, 0.3) is 5.69 Å². The highest BCUT2D eigenvalue weighted by molar-refractivity contribution is 7.89. The van der Waals surface area contributed by atoms with Crippen LogP contribution in [0.25, 0.3) is 0 Å². The second-order valence-electron chi connectivity index (χ2n) is 7.02. The molecule has 1 aromatic rings. The summed E-state index contributed by atoms with van der Waals surface area (Å²) >= 11 is 0. The van der Waals surface area contributed by atoms with Crippen LogP contribution in [0.3, 0.4) is 0 Å². The summed E-state index contributed by atoms with van der Waals surface area (Å²) in [5, 5.41) is 21.3. The average Bonchev–Trinajstić information content (AvgIpc) is 3.27. The molecule has 1 aromatic carbocycles. The second-order valence-corrected chi connectivity index (χ2v) is 8.75. The molecule has 1 saturated carbocycles. The maximum Gasteiger partial charge on any atom is 0.271 e. The number of benzene rings is 1. The van der Waals surface area contributed by atoms with Gasteiger partial charge in [0, 0.05) is 24.1 Å². The zero-order valence-electron chi connectivity index (χ0n) is 14.4. The smallest absolute Gasteiger partial charge is 0.271 e. The topological polar surface area (TPSA) is 110 Å². The zero-order chi connectivity index (χ0) is 18.3. The van der Waals surface area contributed by atoms with Crippen molar-refractivity contribution in [3.8, 4) is 0 Å². The van der Waals surface area contributed by atoms with Crippen molar-refractivity contribution in [2.24, 2.45) is 11.3 Å². The normalized spacial score (nSPS) is 17.8. The molecular weight excluding hydrogens is 332 g/mol. The molecule has 0 radical (unpaired) electrons. The minimum Gasteiger partial charge on any atom is -0.392 e. The predicted octanol–water partition coefficient (Wildman–Crippen LogP) is 2.29. The first-order valence-corrected chi connectivity index (χ1v) is 9.42. The lowest BCUT2D eigenvalue weighted by Crippen LogP contribution is -2.38. The Labute approximate surface area is 142 Å². The van der Waals surface area contributed by atoms with E-state index >= 15 is 0 Å². The number of nitrogens with one attached hydrogen (secondary N) is 1. The molecule has 8 heteroatoms. The van der Waals surface area contributed by atoms with E-state index in [1.165, 1.54) is 6.07 Å². The third-order valence-electron chi connectivity index (χ3n) is 4.87. The molecule has 0 unspecified atom stereocenters. The predicted molar refractivity (Wildman–Crippen MR) is 90.3 cm³/mol. The highest BCUT2D eigenvalue weighted by atomic mass is 32.2. The summed E-state index contributed by atoms with van der Waals surface area (Å²) in [5.74, 6) is 0.0406. The van der Waals surface area contributed by atoms with E-state index in [1.54, 1.807) is 13.8 Å². The van der Waals surface area contributed by atoms with Gasteiger partial charge in [-0.2, -0.15) is 0 Å². The van der Waals surface area contributed by atoms with E-state index in [0.717, 1.165) is 18.9 Å². The number of aryl methyl sites for hydroxylation is 1. The fourth-order valence-corrected chi connectivity index (χ4v) is 4.43. The Kier molecular flexibility index (Phi) is 5.03. The summed E-state index contributed by atoms with van der Waals surface area (Å²) in [5.41, 5.74) is 0.363. The second kappa shape index (κ2) is 6.42. The van der Waals surface area contributed by atoms with E-state index < -0.39 is 26.5 Å². The van der Waals surface area contributed by atoms with Gasteiger partial charge in [0.15, 0.2) is 0 Å². The molecule has 7 nitrogen and oxygen atoms in total. The molecule has 0 bridgehead atoms. The number of rotatable bonds is 7. The van der Waals surface area contributed by atoms with Crippen molar-refractivity contribution in [1.29, 1.82) is 0 Å². The van der Waals surface area contributed by atoms with Gasteiger partial charge in [-0.1, -0.05) is 13.8 Å². The van der Waals surface area contributed by atoms with E-state index in [1.807, 2.05) is 13.8 Å². The molecule has 1 aliphatic carbocycles. The van der Waals surface area contributed by atoms with Crippen molar-refractivity contribution in [2.45, 2.75) is 51.5 Å². The first kappa shape index (κ1) is 18.8. The van der Waals surface area contributed by atoms with E-state index in [4.69, 9.17) is 0 Å². The molecule has 0 aromatic heterocycles. The SMILES string of the molecule is Cc1cc([N+](=O)[O-])cc(S(=O)(=O)NCC2([C@@H](O)C(C)C)CC2)c1C. The Morgan fingerprint density at radius 3 is 2.38 bits per heavy atom. The van der Waals surface area contributed by atoms with Gasteiger partial charge in [-0.15, -0.1) is 0 Å². The Morgan fingerprint density at radius 1 is 1.33 bits per heavy atom. The summed E-state index contributed by atoms with van der Waals surface area (Å²) in [7, 11) is -3.89. The van der Waals surface area contributed by atoms with Crippen LogP contribution in [-0.2, 0) is 10.0 Å². The lowest BCUT2D eigenvalue weighted by Gasteiger charge is -2.25.